The molecule has 0 spiro atoms. The van der Waals surface area contributed by atoms with Crippen LogP contribution < -0.4 is 20.3 Å². The summed E-state index contributed by atoms with van der Waals surface area (Å²) in [6.45, 7) is 12.9. The maximum absolute atomic E-state index is 14.7. The number of piperazine rings is 1. The van der Waals surface area contributed by atoms with Crippen molar-refractivity contribution in [3.05, 3.63) is 30.2 Å². The van der Waals surface area contributed by atoms with Gasteiger partial charge in [0.05, 0.1) is 19.0 Å². The summed E-state index contributed by atoms with van der Waals surface area (Å²) in [4.78, 5) is 15.7. The Bertz CT molecular complexity index is 1020. The number of benzene rings is 1. The second-order valence-corrected chi connectivity index (χ2v) is 11.1. The number of likely N-dealkylation sites (tertiary alicyclic amines) is 1. The number of methoxy groups -OCH3 is 1. The van der Waals surface area contributed by atoms with Crippen molar-refractivity contribution >= 4 is 23.1 Å². The molecule has 8 nitrogen and oxygen atoms in total. The third-order valence-electron chi connectivity index (χ3n) is 7.67. The highest BCUT2D eigenvalue weighted by molar-refractivity contribution is 5.67. The predicted molar refractivity (Wildman–Crippen MR) is 141 cm³/mol. The van der Waals surface area contributed by atoms with Crippen LogP contribution in [0.25, 0.3) is 0 Å². The molecule has 2 fully saturated rings. The Morgan fingerprint density at radius 2 is 1.69 bits per heavy atom. The molecule has 0 amide bonds. The normalized spacial score (nSPS) is 21.1. The summed E-state index contributed by atoms with van der Waals surface area (Å²) >= 11 is 0. The monoisotopic (exact) mass is 485 g/mol. The molecule has 2 aliphatic rings. The number of ether oxygens (including phenoxy) is 1. The first-order chi connectivity index (χ1) is 16.5. The smallest absolute Gasteiger partial charge is 0.229 e. The van der Waals surface area contributed by atoms with Crippen LogP contribution in [-0.4, -0.2) is 84.3 Å². The highest BCUT2D eigenvalue weighted by Crippen LogP contribution is 2.38. The molecule has 0 aliphatic carbocycles. The molecule has 4 rings (SSSR count). The maximum Gasteiger partial charge on any atom is 0.229 e. The molecule has 35 heavy (non-hydrogen) atoms. The van der Waals surface area contributed by atoms with Crippen molar-refractivity contribution < 1.29 is 9.13 Å². The van der Waals surface area contributed by atoms with Crippen LogP contribution in [0.3, 0.4) is 0 Å². The largest absolute Gasteiger partial charge is 0.495 e. The quantitative estimate of drug-likeness (QED) is 0.632. The number of nitrogens with one attached hydrogen (secondary N) is 2. The van der Waals surface area contributed by atoms with Gasteiger partial charge in [-0.1, -0.05) is 0 Å². The number of hydrogen-bond acceptors (Lipinski definition) is 8. The first-order valence-corrected chi connectivity index (χ1v) is 12.4. The fourth-order valence-corrected chi connectivity index (χ4v) is 5.39. The zero-order valence-electron chi connectivity index (χ0n) is 22.2. The molecule has 1 aromatic heterocycles. The summed E-state index contributed by atoms with van der Waals surface area (Å²) < 4.78 is 20.4. The van der Waals surface area contributed by atoms with Gasteiger partial charge in [-0.05, 0) is 66.8 Å². The van der Waals surface area contributed by atoms with E-state index in [4.69, 9.17) is 4.74 Å². The fourth-order valence-electron chi connectivity index (χ4n) is 5.39. The number of anilines is 4. The molecule has 3 heterocycles. The van der Waals surface area contributed by atoms with Crippen molar-refractivity contribution in [2.45, 2.75) is 57.7 Å². The maximum atomic E-state index is 14.7. The zero-order chi connectivity index (χ0) is 25.4. The van der Waals surface area contributed by atoms with Gasteiger partial charge in [0.15, 0.2) is 11.6 Å². The first kappa shape index (κ1) is 25.4. The van der Waals surface area contributed by atoms with Crippen LogP contribution in [0.4, 0.5) is 27.5 Å². The van der Waals surface area contributed by atoms with Crippen molar-refractivity contribution in [2.75, 3.05) is 62.9 Å². The minimum atomic E-state index is -0.451. The van der Waals surface area contributed by atoms with E-state index in [9.17, 15) is 4.39 Å². The van der Waals surface area contributed by atoms with E-state index in [1.165, 1.54) is 6.20 Å². The number of rotatable bonds is 6. The number of aromatic nitrogens is 2. The average molecular weight is 486 g/mol. The predicted octanol–water partition coefficient (Wildman–Crippen LogP) is 4.18. The summed E-state index contributed by atoms with van der Waals surface area (Å²) in [6, 6.07) is 6.09. The third kappa shape index (κ3) is 5.62. The van der Waals surface area contributed by atoms with Gasteiger partial charge in [-0.3, -0.25) is 4.90 Å². The van der Waals surface area contributed by atoms with Gasteiger partial charge >= 0.3 is 0 Å². The number of likely N-dealkylation sites (N-methyl/N-ethyl adjacent to an activating group) is 1. The second kappa shape index (κ2) is 9.78. The van der Waals surface area contributed by atoms with Crippen molar-refractivity contribution in [1.29, 1.82) is 0 Å². The fraction of sp³-hybridized carbons (Fsp3) is 0.615. The second-order valence-electron chi connectivity index (χ2n) is 11.1. The van der Waals surface area contributed by atoms with Crippen LogP contribution in [0.5, 0.6) is 5.75 Å². The number of nitrogens with zero attached hydrogens (tertiary/aromatic N) is 5. The third-order valence-corrected chi connectivity index (χ3v) is 7.67. The summed E-state index contributed by atoms with van der Waals surface area (Å²) in [7, 11) is 5.98. The average Bonchev–Trinajstić information content (AvgIpc) is 2.80. The lowest BCUT2D eigenvalue weighted by atomic mass is 9.77. The molecule has 1 aromatic carbocycles. The molecule has 0 radical (unpaired) electrons. The van der Waals surface area contributed by atoms with E-state index in [-0.39, 0.29) is 22.9 Å². The zero-order valence-corrected chi connectivity index (χ0v) is 22.2. The highest BCUT2D eigenvalue weighted by Gasteiger charge is 2.43. The van der Waals surface area contributed by atoms with Crippen LogP contribution in [0, 0.1) is 5.82 Å². The van der Waals surface area contributed by atoms with Gasteiger partial charge in [0.25, 0.3) is 0 Å². The van der Waals surface area contributed by atoms with E-state index in [0.717, 1.165) is 56.1 Å². The van der Waals surface area contributed by atoms with E-state index in [2.05, 4.69) is 83.2 Å². The van der Waals surface area contributed by atoms with E-state index in [1.807, 2.05) is 12.1 Å². The van der Waals surface area contributed by atoms with E-state index in [0.29, 0.717) is 5.95 Å². The van der Waals surface area contributed by atoms with E-state index >= 15 is 0 Å². The van der Waals surface area contributed by atoms with Gasteiger partial charge in [0, 0.05) is 55.1 Å². The Kier molecular flexibility index (Phi) is 7.11. The van der Waals surface area contributed by atoms with Crippen LogP contribution in [0.15, 0.2) is 24.4 Å². The topological polar surface area (TPSA) is 68.8 Å². The molecule has 2 saturated heterocycles. The number of halogens is 1. The molecular weight excluding hydrogens is 445 g/mol. The molecule has 2 N–H and O–H groups in total. The minimum absolute atomic E-state index is 0.00786. The Labute approximate surface area is 208 Å². The van der Waals surface area contributed by atoms with Gasteiger partial charge < -0.3 is 25.2 Å². The van der Waals surface area contributed by atoms with Crippen molar-refractivity contribution in [3.8, 4) is 5.75 Å². The minimum Gasteiger partial charge on any atom is -0.495 e. The van der Waals surface area contributed by atoms with Crippen molar-refractivity contribution in [3.63, 3.8) is 0 Å². The summed E-state index contributed by atoms with van der Waals surface area (Å²) in [5.41, 5.74) is 1.85. The molecule has 9 heteroatoms. The molecule has 2 aliphatic heterocycles. The summed E-state index contributed by atoms with van der Waals surface area (Å²) in [6.07, 6.45) is 3.01. The summed E-state index contributed by atoms with van der Waals surface area (Å²) in [5, 5.41) is 6.57. The van der Waals surface area contributed by atoms with Crippen LogP contribution in [-0.2, 0) is 0 Å². The Hall–Kier alpha value is -2.65. The standard InChI is InChI=1S/C26H40FN7O/c1-25(2)15-19(16-26(3,4)33(25)6)29-23-20(27)17-28-24(31-23)30-18-8-9-21(22(14-18)35-7)34-12-10-32(5)11-13-34/h8-9,14,17,19H,10-13,15-16H2,1-7H3,(H2,28,29,30,31). The molecule has 0 atom stereocenters. The molecular formula is C26H40FN7O. The van der Waals surface area contributed by atoms with Gasteiger partial charge in [0.2, 0.25) is 5.95 Å². The first-order valence-electron chi connectivity index (χ1n) is 12.4. The Morgan fingerprint density at radius 1 is 1.03 bits per heavy atom. The molecule has 192 valence electrons. The van der Waals surface area contributed by atoms with Crippen molar-refractivity contribution in [2.24, 2.45) is 0 Å². The molecule has 0 unspecified atom stereocenters. The lowest BCUT2D eigenvalue weighted by Gasteiger charge is -2.53. The van der Waals surface area contributed by atoms with Gasteiger partial charge in [0.1, 0.15) is 5.75 Å². The lowest BCUT2D eigenvalue weighted by Crippen LogP contribution is -2.61. The van der Waals surface area contributed by atoms with E-state index in [1.54, 1.807) is 7.11 Å². The number of hydrogen-bond donors (Lipinski definition) is 2. The van der Waals surface area contributed by atoms with Gasteiger partial charge in [-0.15, -0.1) is 0 Å². The van der Waals surface area contributed by atoms with Crippen LogP contribution in [0.2, 0.25) is 0 Å². The molecule has 0 saturated carbocycles. The lowest BCUT2D eigenvalue weighted by molar-refractivity contribution is -0.00778. The molecule has 2 aromatic rings. The van der Waals surface area contributed by atoms with Crippen LogP contribution in [0.1, 0.15) is 40.5 Å². The Balaban J connectivity index is 1.49. The molecule has 0 bridgehead atoms. The van der Waals surface area contributed by atoms with Gasteiger partial charge in [-0.25, -0.2) is 9.37 Å². The van der Waals surface area contributed by atoms with Gasteiger partial charge in [-0.2, -0.15) is 4.98 Å². The summed E-state index contributed by atoms with van der Waals surface area (Å²) in [5.74, 6) is 0.906. The van der Waals surface area contributed by atoms with Crippen molar-refractivity contribution in [1.82, 2.24) is 19.8 Å². The SMILES string of the molecule is COc1cc(Nc2ncc(F)c(NC3CC(C)(C)N(C)C(C)(C)C3)n2)ccc1N1CCN(C)CC1. The van der Waals surface area contributed by atoms with E-state index < -0.39 is 5.82 Å². The highest BCUT2D eigenvalue weighted by atomic mass is 19.1. The number of piperidine rings is 1. The Morgan fingerprint density at radius 3 is 2.31 bits per heavy atom. The van der Waals surface area contributed by atoms with Crippen LogP contribution >= 0.6 is 0 Å².